The van der Waals surface area contributed by atoms with E-state index < -0.39 is 0 Å². The van der Waals surface area contributed by atoms with Gasteiger partial charge in [-0.3, -0.25) is 9.88 Å². The van der Waals surface area contributed by atoms with Crippen LogP contribution in [0.4, 0.5) is 5.82 Å². The third-order valence-corrected chi connectivity index (χ3v) is 4.04. The molecule has 110 valence electrons. The normalized spacial score (nSPS) is 19.4. The maximum atomic E-state index is 4.24. The largest absolute Gasteiger partial charge is 0.366 e. The molecule has 2 aromatic rings. The van der Waals surface area contributed by atoms with Crippen LogP contribution < -0.4 is 5.32 Å². The molecule has 0 radical (unpaired) electrons. The molecule has 0 saturated carbocycles. The lowest BCUT2D eigenvalue weighted by Gasteiger charge is -2.33. The van der Waals surface area contributed by atoms with Gasteiger partial charge in [0.05, 0.1) is 0 Å². The highest BCUT2D eigenvalue weighted by Gasteiger charge is 2.20. The molecule has 1 aliphatic heterocycles. The third-order valence-electron chi connectivity index (χ3n) is 3.61. The lowest BCUT2D eigenvalue weighted by atomic mass is 10.1. The van der Waals surface area contributed by atoms with Gasteiger partial charge in [0.25, 0.3) is 0 Å². The number of nitrogens with one attached hydrogen (secondary N) is 1. The van der Waals surface area contributed by atoms with E-state index in [1.807, 2.05) is 18.5 Å². The third kappa shape index (κ3) is 4.22. The smallest absolute Gasteiger partial charge is 0.129 e. The zero-order valence-corrected chi connectivity index (χ0v) is 13.3. The maximum Gasteiger partial charge on any atom is 0.129 e. The zero-order chi connectivity index (χ0) is 14.5. The molecule has 6 heteroatoms. The van der Waals surface area contributed by atoms with Gasteiger partial charge in [-0.2, -0.15) is 0 Å². The molecular formula is C15H18BrN5. The quantitative estimate of drug-likeness (QED) is 0.921. The molecule has 3 rings (SSSR count). The van der Waals surface area contributed by atoms with E-state index >= 15 is 0 Å². The van der Waals surface area contributed by atoms with E-state index in [4.69, 9.17) is 0 Å². The Bertz CT molecular complexity index is 577. The van der Waals surface area contributed by atoms with Gasteiger partial charge in [-0.25, -0.2) is 9.97 Å². The van der Waals surface area contributed by atoms with Crippen molar-refractivity contribution in [2.45, 2.75) is 25.4 Å². The molecule has 21 heavy (non-hydrogen) atoms. The molecule has 0 amide bonds. The first-order valence-corrected chi connectivity index (χ1v) is 7.93. The predicted molar refractivity (Wildman–Crippen MR) is 85.9 cm³/mol. The SMILES string of the molecule is Brc1cncc(CN2CCCC(Nc3ccncn3)C2)c1. The summed E-state index contributed by atoms with van der Waals surface area (Å²) in [5, 5.41) is 3.49. The Kier molecular flexibility index (Phi) is 4.77. The van der Waals surface area contributed by atoms with Crippen molar-refractivity contribution in [1.29, 1.82) is 0 Å². The standard InChI is InChI=1S/C15H18BrN5/c16-13-6-12(7-18-8-13)9-21-5-1-2-14(10-21)20-15-3-4-17-11-19-15/h3-4,6-8,11,14H,1-2,5,9-10H2,(H,17,19,20). The first-order valence-electron chi connectivity index (χ1n) is 7.14. The summed E-state index contributed by atoms with van der Waals surface area (Å²) in [7, 11) is 0. The lowest BCUT2D eigenvalue weighted by Crippen LogP contribution is -2.41. The molecule has 0 spiro atoms. The van der Waals surface area contributed by atoms with Crippen LogP contribution in [0.5, 0.6) is 0 Å². The number of likely N-dealkylation sites (tertiary alicyclic amines) is 1. The molecule has 0 aliphatic carbocycles. The van der Waals surface area contributed by atoms with Gasteiger partial charge in [0.1, 0.15) is 12.1 Å². The Labute approximate surface area is 133 Å². The number of hydrogen-bond donors (Lipinski definition) is 1. The fourth-order valence-electron chi connectivity index (χ4n) is 2.70. The van der Waals surface area contributed by atoms with E-state index in [-0.39, 0.29) is 0 Å². The van der Waals surface area contributed by atoms with E-state index in [0.29, 0.717) is 6.04 Å². The van der Waals surface area contributed by atoms with Gasteiger partial charge in [-0.1, -0.05) is 0 Å². The molecular weight excluding hydrogens is 330 g/mol. The van der Waals surface area contributed by atoms with Crippen LogP contribution >= 0.6 is 15.9 Å². The minimum Gasteiger partial charge on any atom is -0.366 e. The average Bonchev–Trinajstić information content (AvgIpc) is 2.49. The van der Waals surface area contributed by atoms with Crippen molar-refractivity contribution in [3.05, 3.63) is 47.1 Å². The Morgan fingerprint density at radius 3 is 3.10 bits per heavy atom. The second-order valence-corrected chi connectivity index (χ2v) is 6.24. The van der Waals surface area contributed by atoms with Gasteiger partial charge in [0.15, 0.2) is 0 Å². The highest BCUT2D eigenvalue weighted by atomic mass is 79.9. The van der Waals surface area contributed by atoms with Gasteiger partial charge in [-0.05, 0) is 53.0 Å². The van der Waals surface area contributed by atoms with Crippen molar-refractivity contribution in [2.75, 3.05) is 18.4 Å². The Balaban J connectivity index is 1.58. The Morgan fingerprint density at radius 1 is 1.33 bits per heavy atom. The van der Waals surface area contributed by atoms with Gasteiger partial charge >= 0.3 is 0 Å². The molecule has 5 nitrogen and oxygen atoms in total. The number of piperidine rings is 1. The first kappa shape index (κ1) is 14.4. The summed E-state index contributed by atoms with van der Waals surface area (Å²) in [6.07, 6.45) is 9.48. The molecule has 3 heterocycles. The number of aromatic nitrogens is 3. The Hall–Kier alpha value is -1.53. The summed E-state index contributed by atoms with van der Waals surface area (Å²) < 4.78 is 1.03. The number of hydrogen-bond acceptors (Lipinski definition) is 5. The maximum absolute atomic E-state index is 4.24. The van der Waals surface area contributed by atoms with Gasteiger partial charge in [0, 0.05) is 42.2 Å². The summed E-state index contributed by atoms with van der Waals surface area (Å²) in [5.74, 6) is 0.904. The van der Waals surface area contributed by atoms with Crippen molar-refractivity contribution in [1.82, 2.24) is 19.9 Å². The van der Waals surface area contributed by atoms with Gasteiger partial charge in [0.2, 0.25) is 0 Å². The van der Waals surface area contributed by atoms with Crippen LogP contribution in [0.1, 0.15) is 18.4 Å². The molecule has 1 aliphatic rings. The van der Waals surface area contributed by atoms with Crippen LogP contribution in [0.3, 0.4) is 0 Å². The number of rotatable bonds is 4. The Morgan fingerprint density at radius 2 is 2.29 bits per heavy atom. The highest BCUT2D eigenvalue weighted by Crippen LogP contribution is 2.17. The minimum atomic E-state index is 0.439. The van der Waals surface area contributed by atoms with Crippen LogP contribution in [0.25, 0.3) is 0 Å². The molecule has 0 aromatic carbocycles. The summed E-state index contributed by atoms with van der Waals surface area (Å²) in [5.41, 5.74) is 1.24. The first-order chi connectivity index (χ1) is 10.3. The number of halogens is 1. The topological polar surface area (TPSA) is 53.9 Å². The molecule has 1 atom stereocenters. The average molecular weight is 348 g/mol. The van der Waals surface area contributed by atoms with E-state index in [9.17, 15) is 0 Å². The second kappa shape index (κ2) is 6.95. The van der Waals surface area contributed by atoms with Gasteiger partial charge in [-0.15, -0.1) is 0 Å². The van der Waals surface area contributed by atoms with Gasteiger partial charge < -0.3 is 5.32 Å². The summed E-state index contributed by atoms with van der Waals surface area (Å²) in [4.78, 5) is 14.9. The van der Waals surface area contributed by atoms with Crippen LogP contribution in [0.15, 0.2) is 41.5 Å². The van der Waals surface area contributed by atoms with Crippen molar-refractivity contribution < 1.29 is 0 Å². The predicted octanol–water partition coefficient (Wildman–Crippen LogP) is 2.71. The van der Waals surface area contributed by atoms with Crippen molar-refractivity contribution in [3.63, 3.8) is 0 Å². The molecule has 1 N–H and O–H groups in total. The van der Waals surface area contributed by atoms with Crippen LogP contribution in [-0.4, -0.2) is 39.0 Å². The molecule has 2 aromatic heterocycles. The van der Waals surface area contributed by atoms with Crippen LogP contribution in [0, 0.1) is 0 Å². The summed E-state index contributed by atoms with van der Waals surface area (Å²) >= 11 is 3.48. The second-order valence-electron chi connectivity index (χ2n) is 5.32. The van der Waals surface area contributed by atoms with E-state index in [1.54, 1.807) is 12.5 Å². The molecule has 1 saturated heterocycles. The van der Waals surface area contributed by atoms with E-state index in [1.165, 1.54) is 18.4 Å². The molecule has 1 fully saturated rings. The monoisotopic (exact) mass is 347 g/mol. The van der Waals surface area contributed by atoms with Crippen molar-refractivity contribution >= 4 is 21.7 Å². The molecule has 0 bridgehead atoms. The summed E-state index contributed by atoms with van der Waals surface area (Å²) in [6.45, 7) is 3.10. The summed E-state index contributed by atoms with van der Waals surface area (Å²) in [6, 6.07) is 4.49. The van der Waals surface area contributed by atoms with Crippen molar-refractivity contribution in [2.24, 2.45) is 0 Å². The lowest BCUT2D eigenvalue weighted by molar-refractivity contribution is 0.208. The van der Waals surface area contributed by atoms with Crippen LogP contribution in [0.2, 0.25) is 0 Å². The fourth-order valence-corrected chi connectivity index (χ4v) is 3.11. The zero-order valence-electron chi connectivity index (χ0n) is 11.7. The van der Waals surface area contributed by atoms with E-state index in [0.717, 1.165) is 29.9 Å². The van der Waals surface area contributed by atoms with E-state index in [2.05, 4.69) is 47.2 Å². The van der Waals surface area contributed by atoms with Crippen molar-refractivity contribution in [3.8, 4) is 0 Å². The minimum absolute atomic E-state index is 0.439. The number of pyridine rings is 1. The fraction of sp³-hybridized carbons (Fsp3) is 0.400. The number of nitrogens with zero attached hydrogens (tertiary/aromatic N) is 4. The van der Waals surface area contributed by atoms with Crippen LogP contribution in [-0.2, 0) is 6.54 Å². The molecule has 1 unspecified atom stereocenters. The highest BCUT2D eigenvalue weighted by molar-refractivity contribution is 9.10. The number of anilines is 1.